The van der Waals surface area contributed by atoms with E-state index in [0.717, 1.165) is 25.8 Å². The number of nitrogens with one attached hydrogen (secondary N) is 1. The topological polar surface area (TPSA) is 32.3 Å². The zero-order valence-electron chi connectivity index (χ0n) is 6.55. The summed E-state index contributed by atoms with van der Waals surface area (Å²) in [4.78, 5) is 12.8. The molecule has 1 aliphatic heterocycles. The Hall–Kier alpha value is -0.410. The maximum absolute atomic E-state index is 10.6. The van der Waals surface area contributed by atoms with Crippen LogP contribution in [0.5, 0.6) is 0 Å². The van der Waals surface area contributed by atoms with Crippen LogP contribution in [0, 0.1) is 0 Å². The van der Waals surface area contributed by atoms with Gasteiger partial charge in [0.05, 0.1) is 5.54 Å². The molecule has 1 rings (SSSR count). The number of likely N-dealkylation sites (tertiary alicyclic amines) is 1. The van der Waals surface area contributed by atoms with E-state index in [-0.39, 0.29) is 5.54 Å². The number of hydrogen-bond donors (Lipinski definition) is 1. The maximum atomic E-state index is 10.6. The van der Waals surface area contributed by atoms with Crippen LogP contribution in [-0.4, -0.2) is 43.9 Å². The van der Waals surface area contributed by atoms with Crippen LogP contribution < -0.4 is 5.32 Å². The van der Waals surface area contributed by atoms with E-state index in [0.29, 0.717) is 0 Å². The Morgan fingerprint density at radius 2 is 2.40 bits per heavy atom. The fourth-order valence-corrected chi connectivity index (χ4v) is 1.39. The molecule has 58 valence electrons. The summed E-state index contributed by atoms with van der Waals surface area (Å²) in [7, 11) is 3.87. The summed E-state index contributed by atoms with van der Waals surface area (Å²) in [5, 5.41) is 3.05. The third-order valence-electron chi connectivity index (χ3n) is 2.22. The van der Waals surface area contributed by atoms with Crippen molar-refractivity contribution in [2.75, 3.05) is 27.2 Å². The molecule has 1 aliphatic rings. The Morgan fingerprint density at radius 1 is 1.70 bits per heavy atom. The van der Waals surface area contributed by atoms with Crippen molar-refractivity contribution in [2.24, 2.45) is 0 Å². The number of rotatable bonds is 2. The zero-order valence-corrected chi connectivity index (χ0v) is 6.55. The van der Waals surface area contributed by atoms with E-state index in [1.807, 2.05) is 14.1 Å². The van der Waals surface area contributed by atoms with Crippen LogP contribution in [0.25, 0.3) is 0 Å². The second-order valence-electron chi connectivity index (χ2n) is 3.01. The number of carbonyl (C=O) groups is 1. The summed E-state index contributed by atoms with van der Waals surface area (Å²) in [6, 6.07) is 0. The van der Waals surface area contributed by atoms with Crippen molar-refractivity contribution in [1.29, 1.82) is 0 Å². The predicted octanol–water partition coefficient (Wildman–Crippen LogP) is -0.521. The van der Waals surface area contributed by atoms with Crippen LogP contribution >= 0.6 is 0 Å². The Balaban J connectivity index is 2.59. The van der Waals surface area contributed by atoms with Crippen molar-refractivity contribution in [1.82, 2.24) is 10.2 Å². The summed E-state index contributed by atoms with van der Waals surface area (Å²) in [6.07, 6.45) is 1.96. The number of nitrogens with zero attached hydrogens (tertiary/aromatic N) is 1. The highest BCUT2D eigenvalue weighted by Crippen LogP contribution is 2.16. The van der Waals surface area contributed by atoms with Gasteiger partial charge in [-0.1, -0.05) is 0 Å². The molecular formula is C7H14N2O. The van der Waals surface area contributed by atoms with Gasteiger partial charge >= 0.3 is 0 Å². The van der Waals surface area contributed by atoms with Crippen molar-refractivity contribution >= 4 is 6.29 Å². The smallest absolute Gasteiger partial charge is 0.141 e. The van der Waals surface area contributed by atoms with Gasteiger partial charge in [-0.2, -0.15) is 0 Å². The van der Waals surface area contributed by atoms with Gasteiger partial charge in [0, 0.05) is 13.1 Å². The van der Waals surface area contributed by atoms with Crippen molar-refractivity contribution < 1.29 is 4.79 Å². The molecule has 3 nitrogen and oxygen atoms in total. The average Bonchev–Trinajstić information content (AvgIpc) is 2.33. The van der Waals surface area contributed by atoms with Crippen LogP contribution in [0.1, 0.15) is 6.42 Å². The number of hydrogen-bond acceptors (Lipinski definition) is 3. The third-order valence-corrected chi connectivity index (χ3v) is 2.22. The highest BCUT2D eigenvalue weighted by molar-refractivity contribution is 5.65. The quantitative estimate of drug-likeness (QED) is 0.526. The zero-order chi connectivity index (χ0) is 7.61. The Labute approximate surface area is 61.4 Å². The predicted molar refractivity (Wildman–Crippen MR) is 40.0 cm³/mol. The van der Waals surface area contributed by atoms with E-state index in [4.69, 9.17) is 0 Å². The van der Waals surface area contributed by atoms with Gasteiger partial charge in [0.15, 0.2) is 0 Å². The minimum atomic E-state index is -0.255. The SMILES string of the molecule is CN[C@@]1(C=O)CCN(C)C1. The molecule has 0 saturated carbocycles. The Bertz CT molecular complexity index is 138. The van der Waals surface area contributed by atoms with E-state index in [2.05, 4.69) is 10.2 Å². The van der Waals surface area contributed by atoms with Crippen molar-refractivity contribution in [3.63, 3.8) is 0 Å². The summed E-state index contributed by atoms with van der Waals surface area (Å²) in [6.45, 7) is 1.85. The molecule has 1 heterocycles. The van der Waals surface area contributed by atoms with Gasteiger partial charge < -0.3 is 15.0 Å². The number of aldehydes is 1. The lowest BCUT2D eigenvalue weighted by Gasteiger charge is -2.20. The summed E-state index contributed by atoms with van der Waals surface area (Å²) in [5.74, 6) is 0. The van der Waals surface area contributed by atoms with E-state index in [9.17, 15) is 4.79 Å². The van der Waals surface area contributed by atoms with Gasteiger partial charge in [0.25, 0.3) is 0 Å². The molecule has 3 heteroatoms. The first kappa shape index (κ1) is 7.69. The highest BCUT2D eigenvalue weighted by Gasteiger charge is 2.34. The minimum absolute atomic E-state index is 0.255. The van der Waals surface area contributed by atoms with Gasteiger partial charge in [-0.25, -0.2) is 0 Å². The van der Waals surface area contributed by atoms with Crippen molar-refractivity contribution in [2.45, 2.75) is 12.0 Å². The van der Waals surface area contributed by atoms with Crippen LogP contribution in [0.4, 0.5) is 0 Å². The minimum Gasteiger partial charge on any atom is -0.307 e. The highest BCUT2D eigenvalue weighted by atomic mass is 16.1. The second-order valence-corrected chi connectivity index (χ2v) is 3.01. The van der Waals surface area contributed by atoms with Gasteiger partial charge in [0.1, 0.15) is 6.29 Å². The fourth-order valence-electron chi connectivity index (χ4n) is 1.39. The molecule has 0 bridgehead atoms. The monoisotopic (exact) mass is 142 g/mol. The number of carbonyl (C=O) groups excluding carboxylic acids is 1. The van der Waals surface area contributed by atoms with Gasteiger partial charge in [-0.15, -0.1) is 0 Å². The molecule has 1 atom stereocenters. The first-order valence-corrected chi connectivity index (χ1v) is 3.56. The van der Waals surface area contributed by atoms with Crippen molar-refractivity contribution in [3.8, 4) is 0 Å². The van der Waals surface area contributed by atoms with Gasteiger partial charge in [-0.05, 0) is 20.5 Å². The van der Waals surface area contributed by atoms with E-state index in [1.54, 1.807) is 0 Å². The molecule has 0 amide bonds. The lowest BCUT2D eigenvalue weighted by Crippen LogP contribution is -2.46. The molecule has 0 radical (unpaired) electrons. The molecule has 0 aliphatic carbocycles. The van der Waals surface area contributed by atoms with E-state index in [1.165, 1.54) is 0 Å². The molecule has 1 saturated heterocycles. The first-order chi connectivity index (χ1) is 4.72. The van der Waals surface area contributed by atoms with Crippen LogP contribution in [0.3, 0.4) is 0 Å². The van der Waals surface area contributed by atoms with E-state index < -0.39 is 0 Å². The van der Waals surface area contributed by atoms with Crippen LogP contribution in [0.2, 0.25) is 0 Å². The fraction of sp³-hybridized carbons (Fsp3) is 0.857. The molecule has 0 aromatic carbocycles. The molecule has 0 spiro atoms. The van der Waals surface area contributed by atoms with Gasteiger partial charge in [0.2, 0.25) is 0 Å². The molecular weight excluding hydrogens is 128 g/mol. The molecule has 1 N–H and O–H groups in total. The molecule has 10 heavy (non-hydrogen) atoms. The summed E-state index contributed by atoms with van der Waals surface area (Å²) in [5.41, 5.74) is -0.255. The normalized spacial score (nSPS) is 34.6. The second kappa shape index (κ2) is 2.68. The molecule has 1 fully saturated rings. The largest absolute Gasteiger partial charge is 0.307 e. The third kappa shape index (κ3) is 1.20. The maximum Gasteiger partial charge on any atom is 0.141 e. The van der Waals surface area contributed by atoms with Crippen LogP contribution in [-0.2, 0) is 4.79 Å². The number of likely N-dealkylation sites (N-methyl/N-ethyl adjacent to an activating group) is 2. The Kier molecular flexibility index (Phi) is 2.06. The molecule has 0 aromatic rings. The standard InChI is InChI=1S/C7H14N2O/c1-8-7(6-10)3-4-9(2)5-7/h6,8H,3-5H2,1-2H3/t7-/m0/s1. The van der Waals surface area contributed by atoms with Crippen LogP contribution in [0.15, 0.2) is 0 Å². The lowest BCUT2D eigenvalue weighted by atomic mass is 10.0. The van der Waals surface area contributed by atoms with Gasteiger partial charge in [-0.3, -0.25) is 0 Å². The average molecular weight is 142 g/mol. The molecule has 0 aromatic heterocycles. The van der Waals surface area contributed by atoms with E-state index >= 15 is 0 Å². The Morgan fingerprint density at radius 3 is 2.60 bits per heavy atom. The summed E-state index contributed by atoms with van der Waals surface area (Å²) < 4.78 is 0. The molecule has 0 unspecified atom stereocenters. The van der Waals surface area contributed by atoms with Crippen molar-refractivity contribution in [3.05, 3.63) is 0 Å². The summed E-state index contributed by atoms with van der Waals surface area (Å²) >= 11 is 0. The first-order valence-electron chi connectivity index (χ1n) is 3.56. The lowest BCUT2D eigenvalue weighted by molar-refractivity contribution is -0.112.